The second-order valence-electron chi connectivity index (χ2n) is 6.84. The predicted octanol–water partition coefficient (Wildman–Crippen LogP) is 1.16. The van der Waals surface area contributed by atoms with E-state index in [1.807, 2.05) is 16.7 Å². The van der Waals surface area contributed by atoms with Gasteiger partial charge in [0.15, 0.2) is 0 Å². The number of nitrogens with one attached hydrogen (secondary N) is 2. The third-order valence-corrected chi connectivity index (χ3v) is 6.38. The fraction of sp³-hybridized carbons (Fsp3) is 0.800. The van der Waals surface area contributed by atoms with Crippen LogP contribution in [0.3, 0.4) is 0 Å². The lowest BCUT2D eigenvalue weighted by Gasteiger charge is -2.32. The number of carbonyl (C=O) groups excluding carboxylic acids is 1. The SMILES string of the molecule is O=C(NCC1CSC1)N1CCC(n2nc(C3CC3)[nH]c2=O)CC1. The van der Waals surface area contributed by atoms with Gasteiger partial charge in [-0.25, -0.2) is 14.3 Å². The van der Waals surface area contributed by atoms with Crippen molar-refractivity contribution >= 4 is 17.8 Å². The molecule has 0 radical (unpaired) electrons. The van der Waals surface area contributed by atoms with Gasteiger partial charge in [0.05, 0.1) is 6.04 Å². The Bertz CT molecular complexity index is 626. The van der Waals surface area contributed by atoms with E-state index in [1.54, 1.807) is 4.68 Å². The summed E-state index contributed by atoms with van der Waals surface area (Å²) >= 11 is 1.93. The highest BCUT2D eigenvalue weighted by Gasteiger charge is 2.31. The molecule has 0 unspecified atom stereocenters. The minimum Gasteiger partial charge on any atom is -0.338 e. The fourth-order valence-electron chi connectivity index (χ4n) is 3.20. The lowest BCUT2D eigenvalue weighted by Crippen LogP contribution is -2.47. The summed E-state index contributed by atoms with van der Waals surface area (Å²) in [6.45, 7) is 2.16. The highest BCUT2D eigenvalue weighted by Crippen LogP contribution is 2.37. The van der Waals surface area contributed by atoms with E-state index < -0.39 is 0 Å². The normalized spacial score (nSPS) is 22.9. The van der Waals surface area contributed by atoms with E-state index in [-0.39, 0.29) is 17.8 Å². The molecule has 0 bridgehead atoms. The molecule has 3 aliphatic rings. The number of H-pyrrole nitrogens is 1. The number of carbonyl (C=O) groups is 1. The van der Waals surface area contributed by atoms with Gasteiger partial charge in [0.1, 0.15) is 5.82 Å². The van der Waals surface area contributed by atoms with Crippen molar-refractivity contribution in [2.75, 3.05) is 31.1 Å². The molecule has 1 aromatic heterocycles. The van der Waals surface area contributed by atoms with Gasteiger partial charge in [-0.2, -0.15) is 16.9 Å². The molecule has 2 aliphatic heterocycles. The number of amides is 2. The Hall–Kier alpha value is -1.44. The first kappa shape index (κ1) is 15.1. The second-order valence-corrected chi connectivity index (χ2v) is 7.92. The van der Waals surface area contributed by atoms with E-state index in [9.17, 15) is 9.59 Å². The van der Waals surface area contributed by atoms with E-state index in [2.05, 4.69) is 15.4 Å². The van der Waals surface area contributed by atoms with Gasteiger partial charge in [0.2, 0.25) is 0 Å². The maximum atomic E-state index is 12.2. The molecule has 0 spiro atoms. The van der Waals surface area contributed by atoms with Crippen LogP contribution in [-0.4, -0.2) is 56.8 Å². The number of nitrogens with zero attached hydrogens (tertiary/aromatic N) is 3. The van der Waals surface area contributed by atoms with Gasteiger partial charge in [-0.15, -0.1) is 0 Å². The third kappa shape index (κ3) is 3.27. The molecule has 2 N–H and O–H groups in total. The Morgan fingerprint density at radius 1 is 1.26 bits per heavy atom. The van der Waals surface area contributed by atoms with Crippen LogP contribution in [0.4, 0.5) is 4.79 Å². The average molecular weight is 337 g/mol. The summed E-state index contributed by atoms with van der Waals surface area (Å²) < 4.78 is 1.61. The molecule has 0 atom stereocenters. The van der Waals surface area contributed by atoms with Gasteiger partial charge in [-0.05, 0) is 43.1 Å². The van der Waals surface area contributed by atoms with Crippen LogP contribution < -0.4 is 11.0 Å². The molecule has 2 saturated heterocycles. The first-order chi connectivity index (χ1) is 11.2. The lowest BCUT2D eigenvalue weighted by molar-refractivity contribution is 0.166. The zero-order valence-electron chi connectivity index (χ0n) is 13.2. The van der Waals surface area contributed by atoms with E-state index in [1.165, 1.54) is 0 Å². The van der Waals surface area contributed by atoms with Crippen LogP contribution >= 0.6 is 11.8 Å². The Labute approximate surface area is 139 Å². The first-order valence-electron chi connectivity index (χ1n) is 8.50. The molecular formula is C15H23N5O2S. The van der Waals surface area contributed by atoms with Crippen molar-refractivity contribution in [3.63, 3.8) is 0 Å². The molecule has 126 valence electrons. The van der Waals surface area contributed by atoms with Crippen LogP contribution in [-0.2, 0) is 0 Å². The summed E-state index contributed by atoms with van der Waals surface area (Å²) in [5, 5.41) is 7.50. The topological polar surface area (TPSA) is 83.0 Å². The van der Waals surface area contributed by atoms with Gasteiger partial charge < -0.3 is 10.2 Å². The number of urea groups is 1. The maximum absolute atomic E-state index is 12.2. The van der Waals surface area contributed by atoms with E-state index in [0.717, 1.165) is 49.6 Å². The van der Waals surface area contributed by atoms with Crippen LogP contribution in [0.1, 0.15) is 43.5 Å². The summed E-state index contributed by atoms with van der Waals surface area (Å²) in [4.78, 5) is 29.0. The van der Waals surface area contributed by atoms with Gasteiger partial charge in [0, 0.05) is 25.6 Å². The molecule has 7 nitrogen and oxygen atoms in total. The molecule has 1 saturated carbocycles. The molecule has 0 aromatic carbocycles. The molecule has 4 rings (SSSR count). The van der Waals surface area contributed by atoms with Gasteiger partial charge in [0.25, 0.3) is 0 Å². The number of likely N-dealkylation sites (tertiary alicyclic amines) is 1. The highest BCUT2D eigenvalue weighted by atomic mass is 32.2. The Balaban J connectivity index is 1.29. The standard InChI is InChI=1S/C15H23N5O2S/c21-14(16-7-10-8-23-9-10)19-5-3-12(4-6-19)20-15(22)17-13(18-20)11-1-2-11/h10-12H,1-9H2,(H,16,21)(H,17,18,22). The van der Waals surface area contributed by atoms with Crippen LogP contribution in [0.5, 0.6) is 0 Å². The van der Waals surface area contributed by atoms with Crippen molar-refractivity contribution in [3.05, 3.63) is 16.3 Å². The largest absolute Gasteiger partial charge is 0.343 e. The third-order valence-electron chi connectivity index (χ3n) is 4.97. The maximum Gasteiger partial charge on any atom is 0.343 e. The van der Waals surface area contributed by atoms with Crippen molar-refractivity contribution in [3.8, 4) is 0 Å². The molecule has 1 aliphatic carbocycles. The van der Waals surface area contributed by atoms with E-state index in [0.29, 0.717) is 24.9 Å². The number of aromatic nitrogens is 3. The van der Waals surface area contributed by atoms with Crippen molar-refractivity contribution in [1.29, 1.82) is 0 Å². The van der Waals surface area contributed by atoms with E-state index in [4.69, 9.17) is 0 Å². The molecular weight excluding hydrogens is 314 g/mol. The predicted molar refractivity (Wildman–Crippen MR) is 88.9 cm³/mol. The van der Waals surface area contributed by atoms with Crippen molar-refractivity contribution in [2.45, 2.75) is 37.6 Å². The molecule has 23 heavy (non-hydrogen) atoms. The smallest absolute Gasteiger partial charge is 0.338 e. The average Bonchev–Trinajstić information content (AvgIpc) is 3.29. The zero-order chi connectivity index (χ0) is 15.8. The minimum atomic E-state index is -0.0997. The van der Waals surface area contributed by atoms with Gasteiger partial charge in [-0.3, -0.25) is 4.98 Å². The minimum absolute atomic E-state index is 0.0356. The molecule has 8 heteroatoms. The number of hydrogen-bond acceptors (Lipinski definition) is 4. The number of piperidine rings is 1. The van der Waals surface area contributed by atoms with Crippen molar-refractivity contribution in [2.24, 2.45) is 5.92 Å². The Morgan fingerprint density at radius 3 is 2.61 bits per heavy atom. The lowest BCUT2D eigenvalue weighted by atomic mass is 10.1. The molecule has 1 aromatic rings. The summed E-state index contributed by atoms with van der Waals surface area (Å²) in [6, 6.07) is 0.145. The second kappa shape index (κ2) is 6.22. The van der Waals surface area contributed by atoms with Gasteiger partial charge >= 0.3 is 11.7 Å². The number of rotatable bonds is 4. The number of hydrogen-bond donors (Lipinski definition) is 2. The fourth-order valence-corrected chi connectivity index (χ4v) is 4.01. The molecule has 3 heterocycles. The van der Waals surface area contributed by atoms with E-state index >= 15 is 0 Å². The summed E-state index contributed by atoms with van der Waals surface area (Å²) in [6.07, 6.45) is 3.85. The quantitative estimate of drug-likeness (QED) is 0.864. The first-order valence-corrected chi connectivity index (χ1v) is 9.65. The van der Waals surface area contributed by atoms with Crippen LogP contribution in [0.2, 0.25) is 0 Å². The van der Waals surface area contributed by atoms with Crippen LogP contribution in [0.15, 0.2) is 4.79 Å². The summed E-state index contributed by atoms with van der Waals surface area (Å²) in [5.41, 5.74) is -0.0997. The molecule has 2 amide bonds. The Morgan fingerprint density at radius 2 is 2.00 bits per heavy atom. The zero-order valence-corrected chi connectivity index (χ0v) is 14.0. The van der Waals surface area contributed by atoms with Crippen molar-refractivity contribution < 1.29 is 4.79 Å². The van der Waals surface area contributed by atoms with Crippen LogP contribution in [0.25, 0.3) is 0 Å². The number of thioether (sulfide) groups is 1. The monoisotopic (exact) mass is 337 g/mol. The van der Waals surface area contributed by atoms with Crippen molar-refractivity contribution in [1.82, 2.24) is 25.0 Å². The number of aromatic amines is 1. The molecule has 3 fully saturated rings. The van der Waals surface area contributed by atoms with Gasteiger partial charge in [-0.1, -0.05) is 0 Å². The highest BCUT2D eigenvalue weighted by molar-refractivity contribution is 8.00. The van der Waals surface area contributed by atoms with Crippen LogP contribution in [0, 0.1) is 5.92 Å². The Kier molecular flexibility index (Phi) is 4.09. The summed E-state index contributed by atoms with van der Waals surface area (Å²) in [7, 11) is 0. The summed E-state index contributed by atoms with van der Waals surface area (Å²) in [5.74, 6) is 4.26.